The van der Waals surface area contributed by atoms with Gasteiger partial charge in [0.1, 0.15) is 5.82 Å². The van der Waals surface area contributed by atoms with Crippen LogP contribution in [0.5, 0.6) is 0 Å². The molecule has 1 aliphatic rings. The van der Waals surface area contributed by atoms with Crippen LogP contribution in [0.3, 0.4) is 0 Å². The van der Waals surface area contributed by atoms with Crippen molar-refractivity contribution >= 4 is 0 Å². The molecule has 0 aliphatic heterocycles. The molecular formula is C16H24FNO. The highest BCUT2D eigenvalue weighted by molar-refractivity contribution is 5.19. The molecule has 0 saturated heterocycles. The summed E-state index contributed by atoms with van der Waals surface area (Å²) in [4.78, 5) is 0. The third kappa shape index (κ3) is 3.34. The Morgan fingerprint density at radius 1 is 1.21 bits per heavy atom. The van der Waals surface area contributed by atoms with Crippen LogP contribution in [0.4, 0.5) is 4.39 Å². The zero-order valence-corrected chi connectivity index (χ0v) is 11.7. The Kier molecular flexibility index (Phi) is 4.94. The number of nitrogens with two attached hydrogens (primary N) is 1. The Labute approximate surface area is 115 Å². The molecule has 0 aromatic heterocycles. The fourth-order valence-electron chi connectivity index (χ4n) is 3.14. The van der Waals surface area contributed by atoms with Crippen molar-refractivity contribution in [1.29, 1.82) is 0 Å². The maximum absolute atomic E-state index is 13.7. The van der Waals surface area contributed by atoms with Gasteiger partial charge in [-0.05, 0) is 30.9 Å². The zero-order chi connectivity index (χ0) is 13.7. The molecule has 1 atom stereocenters. The van der Waals surface area contributed by atoms with Crippen molar-refractivity contribution in [3.63, 3.8) is 0 Å². The van der Waals surface area contributed by atoms with Gasteiger partial charge < -0.3 is 10.5 Å². The van der Waals surface area contributed by atoms with Crippen LogP contribution in [0.15, 0.2) is 24.3 Å². The van der Waals surface area contributed by atoms with E-state index in [1.54, 1.807) is 13.2 Å². The van der Waals surface area contributed by atoms with Gasteiger partial charge in [0.25, 0.3) is 0 Å². The Hall–Kier alpha value is -0.930. The summed E-state index contributed by atoms with van der Waals surface area (Å²) >= 11 is 0. The van der Waals surface area contributed by atoms with Crippen LogP contribution >= 0.6 is 0 Å². The van der Waals surface area contributed by atoms with Crippen molar-refractivity contribution in [3.8, 4) is 0 Å². The van der Waals surface area contributed by atoms with Gasteiger partial charge in [-0.3, -0.25) is 0 Å². The van der Waals surface area contributed by atoms with Gasteiger partial charge in [0.2, 0.25) is 0 Å². The maximum Gasteiger partial charge on any atom is 0.126 e. The third-order valence-corrected chi connectivity index (χ3v) is 4.43. The van der Waals surface area contributed by atoms with E-state index in [0.29, 0.717) is 12.0 Å². The smallest absolute Gasteiger partial charge is 0.126 e. The van der Waals surface area contributed by atoms with Gasteiger partial charge >= 0.3 is 0 Å². The van der Waals surface area contributed by atoms with E-state index in [1.165, 1.54) is 18.9 Å². The molecule has 1 aromatic carbocycles. The lowest BCUT2D eigenvalue weighted by molar-refractivity contribution is -0.0431. The summed E-state index contributed by atoms with van der Waals surface area (Å²) in [5.41, 5.74) is 6.78. The van der Waals surface area contributed by atoms with Gasteiger partial charge in [0.15, 0.2) is 0 Å². The summed E-state index contributed by atoms with van der Waals surface area (Å²) in [7, 11) is 1.74. The molecule has 2 nitrogen and oxygen atoms in total. The fraction of sp³-hybridized carbons (Fsp3) is 0.625. The summed E-state index contributed by atoms with van der Waals surface area (Å²) in [5.74, 6) is -0.169. The van der Waals surface area contributed by atoms with Crippen molar-refractivity contribution in [2.24, 2.45) is 5.73 Å². The van der Waals surface area contributed by atoms with E-state index >= 15 is 0 Å². The summed E-state index contributed by atoms with van der Waals surface area (Å²) in [6.45, 7) is 0. The maximum atomic E-state index is 13.7. The van der Waals surface area contributed by atoms with Crippen molar-refractivity contribution < 1.29 is 9.13 Å². The van der Waals surface area contributed by atoms with Gasteiger partial charge in [-0.2, -0.15) is 0 Å². The van der Waals surface area contributed by atoms with Gasteiger partial charge in [0, 0.05) is 13.2 Å². The zero-order valence-electron chi connectivity index (χ0n) is 11.7. The third-order valence-electron chi connectivity index (χ3n) is 4.43. The Bertz CT molecular complexity index is 399. The van der Waals surface area contributed by atoms with Gasteiger partial charge in [-0.15, -0.1) is 0 Å². The molecule has 0 heterocycles. The second-order valence-electron chi connectivity index (χ2n) is 5.59. The highest BCUT2D eigenvalue weighted by atomic mass is 19.1. The molecule has 0 bridgehead atoms. The minimum absolute atomic E-state index is 0.146. The van der Waals surface area contributed by atoms with E-state index < -0.39 is 0 Å². The minimum atomic E-state index is -0.279. The average molecular weight is 265 g/mol. The van der Waals surface area contributed by atoms with E-state index in [4.69, 9.17) is 10.5 Å². The highest BCUT2D eigenvalue weighted by Gasteiger charge is 2.37. The second kappa shape index (κ2) is 6.49. The first-order valence-electron chi connectivity index (χ1n) is 7.22. The molecule has 0 amide bonds. The largest absolute Gasteiger partial charge is 0.377 e. The predicted molar refractivity (Wildman–Crippen MR) is 75.5 cm³/mol. The van der Waals surface area contributed by atoms with E-state index in [0.717, 1.165) is 25.7 Å². The molecule has 1 aliphatic carbocycles. The fourth-order valence-corrected chi connectivity index (χ4v) is 3.14. The van der Waals surface area contributed by atoms with E-state index in [2.05, 4.69) is 0 Å². The van der Waals surface area contributed by atoms with Gasteiger partial charge in [-0.1, -0.05) is 43.9 Å². The SMILES string of the molecule is COC1(C(N)Cc2ccccc2F)CCCCCC1. The first-order valence-corrected chi connectivity index (χ1v) is 7.22. The minimum Gasteiger partial charge on any atom is -0.377 e. The Morgan fingerprint density at radius 3 is 2.42 bits per heavy atom. The number of hydrogen-bond donors (Lipinski definition) is 1. The lowest BCUT2D eigenvalue weighted by atomic mass is 9.83. The van der Waals surface area contributed by atoms with E-state index in [1.807, 2.05) is 12.1 Å². The van der Waals surface area contributed by atoms with Crippen molar-refractivity contribution in [2.75, 3.05) is 7.11 Å². The quantitative estimate of drug-likeness (QED) is 0.846. The van der Waals surface area contributed by atoms with Crippen LogP contribution in [-0.4, -0.2) is 18.8 Å². The molecule has 1 aromatic rings. The summed E-state index contributed by atoms with van der Waals surface area (Å²) in [6, 6.07) is 6.73. The summed E-state index contributed by atoms with van der Waals surface area (Å²) in [5, 5.41) is 0. The molecule has 3 heteroatoms. The van der Waals surface area contributed by atoms with Crippen molar-refractivity contribution in [2.45, 2.75) is 56.6 Å². The van der Waals surface area contributed by atoms with Crippen molar-refractivity contribution in [1.82, 2.24) is 0 Å². The van der Waals surface area contributed by atoms with E-state index in [9.17, 15) is 4.39 Å². The average Bonchev–Trinajstić information content (AvgIpc) is 2.67. The molecule has 1 unspecified atom stereocenters. The number of ether oxygens (including phenoxy) is 1. The molecule has 0 spiro atoms. The summed E-state index contributed by atoms with van der Waals surface area (Å²) < 4.78 is 19.5. The molecule has 1 saturated carbocycles. The number of halogens is 1. The lowest BCUT2D eigenvalue weighted by Gasteiger charge is -2.37. The van der Waals surface area contributed by atoms with E-state index in [-0.39, 0.29) is 17.5 Å². The van der Waals surface area contributed by atoms with Crippen molar-refractivity contribution in [3.05, 3.63) is 35.6 Å². The standard InChI is InChI=1S/C16H24FNO/c1-19-16(10-6-2-3-7-11-16)15(18)12-13-8-4-5-9-14(13)17/h4-5,8-9,15H,2-3,6-7,10-12,18H2,1H3. The van der Waals surface area contributed by atoms with Gasteiger partial charge in [-0.25, -0.2) is 4.39 Å². The van der Waals surface area contributed by atoms with Gasteiger partial charge in [0.05, 0.1) is 5.60 Å². The number of benzene rings is 1. The topological polar surface area (TPSA) is 35.2 Å². The Morgan fingerprint density at radius 2 is 1.84 bits per heavy atom. The van der Waals surface area contributed by atoms with Crippen LogP contribution in [0, 0.1) is 5.82 Å². The predicted octanol–water partition coefficient (Wildman–Crippen LogP) is 3.43. The second-order valence-corrected chi connectivity index (χ2v) is 5.59. The summed E-state index contributed by atoms with van der Waals surface area (Å²) in [6.07, 6.45) is 7.31. The molecule has 2 rings (SSSR count). The number of rotatable bonds is 4. The molecule has 1 fully saturated rings. The first-order chi connectivity index (χ1) is 9.18. The van der Waals surface area contributed by atoms with Crippen LogP contribution in [-0.2, 0) is 11.2 Å². The van der Waals surface area contributed by atoms with Crippen LogP contribution in [0.1, 0.15) is 44.1 Å². The Balaban J connectivity index is 2.12. The normalized spacial score (nSPS) is 20.8. The molecule has 2 N–H and O–H groups in total. The monoisotopic (exact) mass is 265 g/mol. The first kappa shape index (κ1) is 14.5. The molecule has 0 radical (unpaired) electrons. The highest BCUT2D eigenvalue weighted by Crippen LogP contribution is 2.33. The van der Waals surface area contributed by atoms with Crippen LogP contribution in [0.2, 0.25) is 0 Å². The number of methoxy groups -OCH3 is 1. The molecule has 19 heavy (non-hydrogen) atoms. The molecule has 106 valence electrons. The lowest BCUT2D eigenvalue weighted by Crippen LogP contribution is -2.50. The molecular weight excluding hydrogens is 241 g/mol. The van der Waals surface area contributed by atoms with Crippen LogP contribution < -0.4 is 5.73 Å². The van der Waals surface area contributed by atoms with Crippen LogP contribution in [0.25, 0.3) is 0 Å². The number of hydrogen-bond acceptors (Lipinski definition) is 2.